The first-order valence-corrected chi connectivity index (χ1v) is 9.14. The Morgan fingerprint density at radius 3 is 2.42 bits per heavy atom. The fourth-order valence-corrected chi connectivity index (χ4v) is 3.86. The molecule has 4 rings (SSSR count). The van der Waals surface area contributed by atoms with Crippen LogP contribution in [0.25, 0.3) is 22.2 Å². The number of benzene rings is 2. The molecule has 3 aromatic rings. The Hall–Kier alpha value is -2.88. The first-order chi connectivity index (χ1) is 12.7. The third kappa shape index (κ3) is 2.81. The summed E-state index contributed by atoms with van der Waals surface area (Å²) in [5.74, 6) is -0.888. The highest BCUT2D eigenvalue weighted by atomic mass is 16.4. The van der Waals surface area contributed by atoms with Crippen LogP contribution in [0.4, 0.5) is 5.69 Å². The van der Waals surface area contributed by atoms with Gasteiger partial charge in [-0.2, -0.15) is 0 Å². The summed E-state index contributed by atoms with van der Waals surface area (Å²) in [6.07, 6.45) is 3.36. The number of piperidine rings is 1. The van der Waals surface area contributed by atoms with E-state index in [0.29, 0.717) is 5.56 Å². The van der Waals surface area contributed by atoms with Crippen LogP contribution in [0.5, 0.6) is 0 Å². The van der Waals surface area contributed by atoms with Crippen molar-refractivity contribution in [1.82, 2.24) is 4.98 Å². The van der Waals surface area contributed by atoms with E-state index in [4.69, 9.17) is 4.98 Å². The second kappa shape index (κ2) is 6.79. The average Bonchev–Trinajstić information content (AvgIpc) is 2.68. The largest absolute Gasteiger partial charge is 0.478 e. The molecule has 2 aromatic carbocycles. The number of fused-ring (bicyclic) bond motifs is 1. The molecule has 0 unspecified atom stereocenters. The zero-order valence-corrected chi connectivity index (χ0v) is 14.9. The van der Waals surface area contributed by atoms with Crippen LogP contribution in [-0.2, 0) is 0 Å². The molecular formula is C22H22N2O2. The average molecular weight is 346 g/mol. The maximum Gasteiger partial charge on any atom is 0.338 e. The number of carbonyl (C=O) groups is 1. The Morgan fingerprint density at radius 2 is 1.73 bits per heavy atom. The molecule has 0 spiro atoms. The van der Waals surface area contributed by atoms with Gasteiger partial charge in [-0.05, 0) is 31.7 Å². The quantitative estimate of drug-likeness (QED) is 0.733. The Kier molecular flexibility index (Phi) is 4.33. The van der Waals surface area contributed by atoms with Gasteiger partial charge >= 0.3 is 5.97 Å². The molecule has 26 heavy (non-hydrogen) atoms. The number of hydrogen-bond donors (Lipinski definition) is 1. The van der Waals surface area contributed by atoms with E-state index in [-0.39, 0.29) is 0 Å². The van der Waals surface area contributed by atoms with Crippen LogP contribution in [0.2, 0.25) is 0 Å². The molecule has 1 fully saturated rings. The third-order valence-electron chi connectivity index (χ3n) is 5.13. The minimum absolute atomic E-state index is 0.374. The van der Waals surface area contributed by atoms with Gasteiger partial charge in [0, 0.05) is 24.0 Å². The molecule has 1 aliphatic rings. The molecule has 1 saturated heterocycles. The molecule has 0 atom stereocenters. The topological polar surface area (TPSA) is 53.4 Å². The summed E-state index contributed by atoms with van der Waals surface area (Å²) in [6, 6.07) is 15.7. The van der Waals surface area contributed by atoms with Crippen molar-refractivity contribution in [3.8, 4) is 11.3 Å². The second-order valence-electron chi connectivity index (χ2n) is 6.87. The SMILES string of the molecule is Cc1cccc2c(C(=O)O)c(N3CCCCC3)c(-c3ccccc3)nc12. The maximum absolute atomic E-state index is 12.3. The highest BCUT2D eigenvalue weighted by Gasteiger charge is 2.26. The summed E-state index contributed by atoms with van der Waals surface area (Å²) < 4.78 is 0. The Bertz CT molecular complexity index is 961. The van der Waals surface area contributed by atoms with Crippen molar-refractivity contribution in [2.75, 3.05) is 18.0 Å². The highest BCUT2D eigenvalue weighted by Crippen LogP contribution is 2.38. The van der Waals surface area contributed by atoms with Crippen LogP contribution in [0.1, 0.15) is 35.2 Å². The summed E-state index contributed by atoms with van der Waals surface area (Å²) in [6.45, 7) is 3.73. The number of aromatic nitrogens is 1. The van der Waals surface area contributed by atoms with Gasteiger partial charge in [-0.25, -0.2) is 9.78 Å². The molecule has 0 radical (unpaired) electrons. The lowest BCUT2D eigenvalue weighted by Gasteiger charge is -2.32. The van der Waals surface area contributed by atoms with Crippen molar-refractivity contribution in [3.63, 3.8) is 0 Å². The molecule has 2 heterocycles. The van der Waals surface area contributed by atoms with Crippen LogP contribution >= 0.6 is 0 Å². The Labute approximate surface area is 153 Å². The molecule has 132 valence electrons. The summed E-state index contributed by atoms with van der Waals surface area (Å²) in [7, 11) is 0. The van der Waals surface area contributed by atoms with E-state index in [2.05, 4.69) is 4.90 Å². The summed E-state index contributed by atoms with van der Waals surface area (Å²) in [5, 5.41) is 10.8. The van der Waals surface area contributed by atoms with Gasteiger partial charge in [0.1, 0.15) is 0 Å². The number of nitrogens with zero attached hydrogens (tertiary/aromatic N) is 2. The van der Waals surface area contributed by atoms with E-state index < -0.39 is 5.97 Å². The van der Waals surface area contributed by atoms with Crippen LogP contribution in [0, 0.1) is 6.92 Å². The van der Waals surface area contributed by atoms with Crippen LogP contribution in [0.3, 0.4) is 0 Å². The normalized spacial score (nSPS) is 14.6. The summed E-state index contributed by atoms with van der Waals surface area (Å²) in [4.78, 5) is 19.5. The number of aryl methyl sites for hydroxylation is 1. The predicted octanol–water partition coefficient (Wildman–Crippen LogP) is 4.90. The number of hydrogen-bond acceptors (Lipinski definition) is 3. The van der Waals surface area contributed by atoms with E-state index in [1.807, 2.05) is 55.5 Å². The Morgan fingerprint density at radius 1 is 1.00 bits per heavy atom. The first kappa shape index (κ1) is 16.6. The standard InChI is InChI=1S/C22H22N2O2/c1-15-9-8-12-17-18(22(25)26)21(24-13-6-3-7-14-24)20(23-19(15)17)16-10-4-2-5-11-16/h2,4-5,8-12H,3,6-7,13-14H2,1H3,(H,25,26). The fourth-order valence-electron chi connectivity index (χ4n) is 3.86. The number of rotatable bonds is 3. The number of pyridine rings is 1. The molecule has 0 bridgehead atoms. The van der Waals surface area contributed by atoms with Crippen LogP contribution in [-0.4, -0.2) is 29.1 Å². The van der Waals surface area contributed by atoms with Crippen LogP contribution in [0.15, 0.2) is 48.5 Å². The van der Waals surface area contributed by atoms with Crippen molar-refractivity contribution >= 4 is 22.6 Å². The lowest BCUT2D eigenvalue weighted by Crippen LogP contribution is -2.31. The van der Waals surface area contributed by atoms with E-state index in [9.17, 15) is 9.90 Å². The smallest absolute Gasteiger partial charge is 0.338 e. The van der Waals surface area contributed by atoms with Gasteiger partial charge < -0.3 is 10.0 Å². The monoisotopic (exact) mass is 346 g/mol. The maximum atomic E-state index is 12.3. The number of anilines is 1. The minimum Gasteiger partial charge on any atom is -0.478 e. The van der Waals surface area contributed by atoms with E-state index >= 15 is 0 Å². The van der Waals surface area contributed by atoms with Gasteiger partial charge in [0.05, 0.1) is 22.5 Å². The molecule has 4 nitrogen and oxygen atoms in total. The van der Waals surface area contributed by atoms with E-state index in [1.165, 1.54) is 6.42 Å². The molecule has 4 heteroatoms. The zero-order valence-electron chi connectivity index (χ0n) is 14.9. The summed E-state index contributed by atoms with van der Waals surface area (Å²) >= 11 is 0. The predicted molar refractivity (Wildman–Crippen MR) is 105 cm³/mol. The zero-order chi connectivity index (χ0) is 18.1. The minimum atomic E-state index is -0.888. The van der Waals surface area contributed by atoms with Gasteiger partial charge in [-0.15, -0.1) is 0 Å². The van der Waals surface area contributed by atoms with Gasteiger partial charge in [0.2, 0.25) is 0 Å². The van der Waals surface area contributed by atoms with Gasteiger partial charge in [-0.3, -0.25) is 0 Å². The summed E-state index contributed by atoms with van der Waals surface area (Å²) in [5.41, 5.74) is 4.63. The van der Waals surface area contributed by atoms with Crippen molar-refractivity contribution in [3.05, 3.63) is 59.7 Å². The van der Waals surface area contributed by atoms with Crippen molar-refractivity contribution < 1.29 is 9.90 Å². The van der Waals surface area contributed by atoms with E-state index in [1.54, 1.807) is 0 Å². The highest BCUT2D eigenvalue weighted by molar-refractivity contribution is 6.11. The lowest BCUT2D eigenvalue weighted by molar-refractivity contribution is 0.0699. The van der Waals surface area contributed by atoms with Gasteiger partial charge in [0.25, 0.3) is 0 Å². The lowest BCUT2D eigenvalue weighted by atomic mass is 9.97. The number of aromatic carboxylic acids is 1. The van der Waals surface area contributed by atoms with E-state index in [0.717, 1.165) is 59.3 Å². The van der Waals surface area contributed by atoms with Crippen molar-refractivity contribution in [2.24, 2.45) is 0 Å². The number of carboxylic acids is 1. The fraction of sp³-hybridized carbons (Fsp3) is 0.273. The van der Waals surface area contributed by atoms with Crippen molar-refractivity contribution in [2.45, 2.75) is 26.2 Å². The number of carboxylic acid groups (broad SMARTS) is 1. The first-order valence-electron chi connectivity index (χ1n) is 9.14. The molecule has 0 amide bonds. The molecule has 1 aliphatic heterocycles. The van der Waals surface area contributed by atoms with Gasteiger partial charge in [0.15, 0.2) is 0 Å². The molecule has 1 N–H and O–H groups in total. The molecule has 0 saturated carbocycles. The Balaban J connectivity index is 2.09. The van der Waals surface area contributed by atoms with Crippen molar-refractivity contribution in [1.29, 1.82) is 0 Å². The third-order valence-corrected chi connectivity index (χ3v) is 5.13. The second-order valence-corrected chi connectivity index (χ2v) is 6.87. The van der Waals surface area contributed by atoms with Gasteiger partial charge in [-0.1, -0.05) is 48.5 Å². The molecule has 0 aliphatic carbocycles. The molecular weight excluding hydrogens is 324 g/mol. The van der Waals surface area contributed by atoms with Crippen LogP contribution < -0.4 is 4.90 Å². The molecule has 1 aromatic heterocycles. The number of para-hydroxylation sites is 1.